The number of thiophene rings is 1. The highest BCUT2D eigenvalue weighted by Crippen LogP contribution is 2.48. The van der Waals surface area contributed by atoms with Gasteiger partial charge in [0, 0.05) is 10.3 Å². The smallest absolute Gasteiger partial charge is 0.0273 e. The number of fused-ring (bicyclic) bond motifs is 3. The molecule has 0 spiro atoms. The van der Waals surface area contributed by atoms with Crippen LogP contribution in [0.15, 0.2) is 71.1 Å². The summed E-state index contributed by atoms with van der Waals surface area (Å²) in [5.74, 6) is 0. The first kappa shape index (κ1) is 17.7. The van der Waals surface area contributed by atoms with Crippen molar-refractivity contribution >= 4 is 23.5 Å². The van der Waals surface area contributed by atoms with Gasteiger partial charge < -0.3 is 0 Å². The van der Waals surface area contributed by atoms with Crippen LogP contribution in [-0.2, 0) is 5.41 Å². The normalized spacial score (nSPS) is 20.4. The molecule has 0 bridgehead atoms. The SMILES string of the molecule is CC1(C)c2ccccc2-c2ccc(C=C3CCCCC3=Cc3cccs3)cc21. The molecule has 5 rings (SSSR count). The summed E-state index contributed by atoms with van der Waals surface area (Å²) in [6, 6.07) is 20.3. The van der Waals surface area contributed by atoms with Gasteiger partial charge in [-0.05, 0) is 82.2 Å². The van der Waals surface area contributed by atoms with E-state index in [1.165, 1.54) is 69.5 Å². The van der Waals surface area contributed by atoms with Gasteiger partial charge in [0.05, 0.1) is 0 Å². The van der Waals surface area contributed by atoms with Crippen LogP contribution in [0.4, 0.5) is 0 Å². The van der Waals surface area contributed by atoms with Crippen LogP contribution in [0.25, 0.3) is 23.3 Å². The van der Waals surface area contributed by atoms with Gasteiger partial charge in [-0.15, -0.1) is 11.3 Å². The van der Waals surface area contributed by atoms with Gasteiger partial charge in [-0.2, -0.15) is 0 Å². The highest BCUT2D eigenvalue weighted by Gasteiger charge is 2.34. The van der Waals surface area contributed by atoms with Crippen LogP contribution in [0.1, 0.15) is 61.1 Å². The van der Waals surface area contributed by atoms with E-state index in [2.05, 4.69) is 86.0 Å². The molecular weight excluding hydrogens is 356 g/mol. The maximum atomic E-state index is 2.44. The average Bonchev–Trinajstić information content (AvgIpc) is 3.29. The predicted octanol–water partition coefficient (Wildman–Crippen LogP) is 8.10. The molecule has 0 N–H and O–H groups in total. The van der Waals surface area contributed by atoms with E-state index in [4.69, 9.17) is 0 Å². The Morgan fingerprint density at radius 3 is 2.32 bits per heavy atom. The lowest BCUT2D eigenvalue weighted by molar-refractivity contribution is 0.660. The molecule has 3 aromatic rings. The Hall–Kier alpha value is -2.38. The molecule has 0 unspecified atom stereocenters. The van der Waals surface area contributed by atoms with Crippen molar-refractivity contribution in [3.63, 3.8) is 0 Å². The Kier molecular flexibility index (Phi) is 4.36. The topological polar surface area (TPSA) is 0 Å². The second-order valence-corrected chi connectivity index (χ2v) is 9.52. The van der Waals surface area contributed by atoms with Crippen molar-refractivity contribution in [2.45, 2.75) is 44.9 Å². The largest absolute Gasteiger partial charge is 0.144 e. The molecule has 0 amide bonds. The molecule has 1 fully saturated rings. The summed E-state index contributed by atoms with van der Waals surface area (Å²) in [7, 11) is 0. The standard InChI is InChI=1S/C27H26S/c1-27(2)25-12-6-5-11-23(25)24-14-13-19(17-26(24)27)16-20-8-3-4-9-21(20)18-22-10-7-15-28-22/h5-7,10-18H,3-4,8-9H2,1-2H3. The first-order valence-corrected chi connectivity index (χ1v) is 11.2. The summed E-state index contributed by atoms with van der Waals surface area (Å²) in [4.78, 5) is 1.37. The average molecular weight is 383 g/mol. The van der Waals surface area contributed by atoms with Crippen LogP contribution in [-0.4, -0.2) is 0 Å². The molecule has 1 saturated carbocycles. The zero-order chi connectivity index (χ0) is 19.1. The summed E-state index contributed by atoms with van der Waals surface area (Å²) in [6.07, 6.45) is 9.85. The van der Waals surface area contributed by atoms with Gasteiger partial charge in [0.15, 0.2) is 0 Å². The molecule has 0 saturated heterocycles. The van der Waals surface area contributed by atoms with E-state index < -0.39 is 0 Å². The minimum absolute atomic E-state index is 0.0721. The van der Waals surface area contributed by atoms with E-state index in [9.17, 15) is 0 Å². The van der Waals surface area contributed by atoms with Gasteiger partial charge in [-0.3, -0.25) is 0 Å². The molecule has 0 radical (unpaired) electrons. The Bertz CT molecular complexity index is 1080. The van der Waals surface area contributed by atoms with E-state index in [0.717, 1.165) is 0 Å². The summed E-state index contributed by atoms with van der Waals surface area (Å²) in [5, 5.41) is 2.17. The molecule has 1 heterocycles. The predicted molar refractivity (Wildman–Crippen MR) is 123 cm³/mol. The van der Waals surface area contributed by atoms with Crippen molar-refractivity contribution in [3.05, 3.63) is 92.7 Å². The van der Waals surface area contributed by atoms with Gasteiger partial charge in [0.1, 0.15) is 0 Å². The van der Waals surface area contributed by atoms with Crippen molar-refractivity contribution in [1.82, 2.24) is 0 Å². The van der Waals surface area contributed by atoms with Gasteiger partial charge in [0.25, 0.3) is 0 Å². The summed E-state index contributed by atoms with van der Waals surface area (Å²) >= 11 is 1.83. The molecule has 0 aliphatic heterocycles. The Morgan fingerprint density at radius 2 is 1.54 bits per heavy atom. The van der Waals surface area contributed by atoms with Crippen molar-refractivity contribution in [3.8, 4) is 11.1 Å². The molecule has 2 aliphatic rings. The lowest BCUT2D eigenvalue weighted by atomic mass is 9.81. The van der Waals surface area contributed by atoms with E-state index in [1.54, 1.807) is 0 Å². The summed E-state index contributed by atoms with van der Waals surface area (Å²) in [6.45, 7) is 4.72. The van der Waals surface area contributed by atoms with Crippen LogP contribution in [0.3, 0.4) is 0 Å². The van der Waals surface area contributed by atoms with Crippen molar-refractivity contribution in [1.29, 1.82) is 0 Å². The summed E-state index contributed by atoms with van der Waals surface area (Å²) < 4.78 is 0. The van der Waals surface area contributed by atoms with Crippen LogP contribution < -0.4 is 0 Å². The Balaban J connectivity index is 1.55. The second kappa shape index (κ2) is 6.90. The molecule has 0 atom stereocenters. The van der Waals surface area contributed by atoms with Crippen LogP contribution in [0.5, 0.6) is 0 Å². The van der Waals surface area contributed by atoms with E-state index in [0.29, 0.717) is 0 Å². The monoisotopic (exact) mass is 382 g/mol. The fourth-order valence-corrected chi connectivity index (χ4v) is 5.52. The van der Waals surface area contributed by atoms with E-state index in [-0.39, 0.29) is 5.41 Å². The number of hydrogen-bond acceptors (Lipinski definition) is 1. The molecule has 140 valence electrons. The molecule has 0 nitrogen and oxygen atoms in total. The molecule has 2 aliphatic carbocycles. The van der Waals surface area contributed by atoms with Crippen LogP contribution in [0, 0.1) is 0 Å². The van der Waals surface area contributed by atoms with Crippen LogP contribution in [0.2, 0.25) is 0 Å². The highest BCUT2D eigenvalue weighted by molar-refractivity contribution is 7.10. The highest BCUT2D eigenvalue weighted by atomic mass is 32.1. The zero-order valence-corrected chi connectivity index (χ0v) is 17.5. The first-order chi connectivity index (χ1) is 13.6. The molecule has 2 aromatic carbocycles. The minimum atomic E-state index is 0.0721. The van der Waals surface area contributed by atoms with Crippen molar-refractivity contribution in [2.24, 2.45) is 0 Å². The number of benzene rings is 2. The quantitative estimate of drug-likeness (QED) is 0.420. The maximum absolute atomic E-state index is 2.44. The number of rotatable bonds is 2. The first-order valence-electron chi connectivity index (χ1n) is 10.3. The lowest BCUT2D eigenvalue weighted by Gasteiger charge is -2.22. The zero-order valence-electron chi connectivity index (χ0n) is 16.7. The van der Waals surface area contributed by atoms with Crippen molar-refractivity contribution < 1.29 is 0 Å². The summed E-state index contributed by atoms with van der Waals surface area (Å²) in [5.41, 5.74) is 10.2. The van der Waals surface area contributed by atoms with E-state index in [1.807, 2.05) is 11.3 Å². The molecule has 1 aromatic heterocycles. The lowest BCUT2D eigenvalue weighted by Crippen LogP contribution is -2.14. The molecule has 1 heteroatoms. The number of allylic oxidation sites excluding steroid dienone is 2. The second-order valence-electron chi connectivity index (χ2n) is 8.54. The Labute approximate surface area is 172 Å². The minimum Gasteiger partial charge on any atom is -0.144 e. The molecule has 28 heavy (non-hydrogen) atoms. The molecular formula is C27H26S. The third-order valence-corrected chi connectivity index (χ3v) is 7.18. The van der Waals surface area contributed by atoms with Crippen molar-refractivity contribution in [2.75, 3.05) is 0 Å². The maximum Gasteiger partial charge on any atom is 0.0273 e. The van der Waals surface area contributed by atoms with Crippen LogP contribution >= 0.6 is 11.3 Å². The van der Waals surface area contributed by atoms with Gasteiger partial charge in [-0.25, -0.2) is 0 Å². The fourth-order valence-electron chi connectivity index (χ4n) is 4.84. The third kappa shape index (κ3) is 2.99. The number of hydrogen-bond donors (Lipinski definition) is 0. The van der Waals surface area contributed by atoms with Gasteiger partial charge in [-0.1, -0.05) is 68.5 Å². The van der Waals surface area contributed by atoms with Gasteiger partial charge in [0.2, 0.25) is 0 Å². The van der Waals surface area contributed by atoms with E-state index >= 15 is 0 Å². The third-order valence-electron chi connectivity index (χ3n) is 6.36. The van der Waals surface area contributed by atoms with Gasteiger partial charge >= 0.3 is 0 Å². The Morgan fingerprint density at radius 1 is 0.786 bits per heavy atom. The fraction of sp³-hybridized carbons (Fsp3) is 0.259.